The van der Waals surface area contributed by atoms with Gasteiger partial charge in [0.15, 0.2) is 0 Å². The van der Waals surface area contributed by atoms with Crippen LogP contribution in [0.5, 0.6) is 0 Å². The van der Waals surface area contributed by atoms with Crippen LogP contribution in [0.25, 0.3) is 0 Å². The van der Waals surface area contributed by atoms with Crippen molar-refractivity contribution < 1.29 is 9.18 Å². The van der Waals surface area contributed by atoms with Crippen LogP contribution in [0.2, 0.25) is 0 Å². The molecule has 0 radical (unpaired) electrons. The van der Waals surface area contributed by atoms with E-state index in [1.54, 1.807) is 12.1 Å². The molecule has 3 nitrogen and oxygen atoms in total. The molecular weight excluding hydrogens is 255 g/mol. The van der Waals surface area contributed by atoms with Crippen LogP contribution in [-0.2, 0) is 11.2 Å². The van der Waals surface area contributed by atoms with Gasteiger partial charge in [0, 0.05) is 13.1 Å². The first-order chi connectivity index (χ1) is 9.61. The van der Waals surface area contributed by atoms with E-state index in [1.165, 1.54) is 6.07 Å². The number of amides is 1. The van der Waals surface area contributed by atoms with E-state index in [0.29, 0.717) is 0 Å². The lowest BCUT2D eigenvalue weighted by molar-refractivity contribution is -0.136. The number of benzene rings is 1. The van der Waals surface area contributed by atoms with Crippen molar-refractivity contribution in [3.63, 3.8) is 0 Å². The fraction of sp³-hybridized carbons (Fsp3) is 0.562. The maximum absolute atomic E-state index is 13.3. The van der Waals surface area contributed by atoms with Gasteiger partial charge in [-0.3, -0.25) is 4.79 Å². The molecule has 4 heteroatoms. The van der Waals surface area contributed by atoms with Crippen molar-refractivity contribution in [1.82, 2.24) is 10.2 Å². The van der Waals surface area contributed by atoms with Crippen LogP contribution >= 0.6 is 0 Å². The van der Waals surface area contributed by atoms with Gasteiger partial charge in [-0.1, -0.05) is 12.1 Å². The number of likely N-dealkylation sites (tertiary alicyclic amines) is 1. The summed E-state index contributed by atoms with van der Waals surface area (Å²) in [6.45, 7) is 1.85. The predicted octanol–water partition coefficient (Wildman–Crippen LogP) is 1.97. The minimum absolute atomic E-state index is 0.169. The van der Waals surface area contributed by atoms with E-state index in [4.69, 9.17) is 0 Å². The Hall–Kier alpha value is -1.42. The van der Waals surface area contributed by atoms with Crippen LogP contribution in [0.15, 0.2) is 24.3 Å². The molecule has 1 spiro atoms. The summed E-state index contributed by atoms with van der Waals surface area (Å²) in [7, 11) is 1.89. The van der Waals surface area contributed by atoms with E-state index in [2.05, 4.69) is 5.32 Å². The van der Waals surface area contributed by atoms with E-state index in [-0.39, 0.29) is 23.2 Å². The van der Waals surface area contributed by atoms with Crippen LogP contribution in [0.4, 0.5) is 4.39 Å². The maximum Gasteiger partial charge on any atom is 0.228 e. The van der Waals surface area contributed by atoms with Crippen molar-refractivity contribution in [2.24, 2.45) is 5.41 Å². The summed E-state index contributed by atoms with van der Waals surface area (Å²) < 4.78 is 13.3. The molecule has 1 atom stereocenters. The Bertz CT molecular complexity index is 511. The number of nitrogens with zero attached hydrogens (tertiary/aromatic N) is 1. The van der Waals surface area contributed by atoms with E-state index in [0.717, 1.165) is 44.3 Å². The molecule has 2 aliphatic heterocycles. The fourth-order valence-corrected chi connectivity index (χ4v) is 3.68. The van der Waals surface area contributed by atoms with Crippen molar-refractivity contribution in [1.29, 1.82) is 0 Å². The van der Waals surface area contributed by atoms with Crippen LogP contribution in [-0.4, -0.2) is 37.0 Å². The molecule has 2 aliphatic rings. The smallest absolute Gasteiger partial charge is 0.228 e. The second kappa shape index (κ2) is 5.17. The summed E-state index contributed by atoms with van der Waals surface area (Å²) in [5, 5.41) is 3.32. The summed E-state index contributed by atoms with van der Waals surface area (Å²) in [6.07, 6.45) is 3.50. The lowest BCUT2D eigenvalue weighted by Gasteiger charge is -2.31. The molecule has 108 valence electrons. The number of halogens is 1. The summed E-state index contributed by atoms with van der Waals surface area (Å²) in [6, 6.07) is 6.91. The molecule has 1 amide bonds. The first kappa shape index (κ1) is 13.6. The van der Waals surface area contributed by atoms with Gasteiger partial charge in [0.2, 0.25) is 5.91 Å². The van der Waals surface area contributed by atoms with Gasteiger partial charge in [0.05, 0.1) is 5.41 Å². The van der Waals surface area contributed by atoms with Gasteiger partial charge in [-0.2, -0.15) is 0 Å². The zero-order valence-corrected chi connectivity index (χ0v) is 11.9. The minimum atomic E-state index is -0.203. The van der Waals surface area contributed by atoms with E-state index < -0.39 is 0 Å². The highest BCUT2D eigenvalue weighted by molar-refractivity contribution is 5.85. The molecular formula is C16H21FN2O. The monoisotopic (exact) mass is 276 g/mol. The van der Waals surface area contributed by atoms with E-state index in [1.807, 2.05) is 18.0 Å². The van der Waals surface area contributed by atoms with Crippen molar-refractivity contribution in [3.05, 3.63) is 35.6 Å². The molecule has 2 saturated heterocycles. The quantitative estimate of drug-likeness (QED) is 0.895. The molecule has 0 bridgehead atoms. The molecule has 3 rings (SSSR count). The summed E-state index contributed by atoms with van der Waals surface area (Å²) in [4.78, 5) is 14.5. The normalized spacial score (nSPS) is 25.4. The van der Waals surface area contributed by atoms with Crippen molar-refractivity contribution in [2.45, 2.75) is 31.7 Å². The highest BCUT2D eigenvalue weighted by Gasteiger charge is 2.49. The van der Waals surface area contributed by atoms with Crippen LogP contribution in [0.3, 0.4) is 0 Å². The Kier molecular flexibility index (Phi) is 3.50. The molecule has 0 aliphatic carbocycles. The molecule has 0 aromatic heterocycles. The number of hydrogen-bond donors (Lipinski definition) is 1. The van der Waals surface area contributed by atoms with Crippen LogP contribution in [0, 0.1) is 11.2 Å². The summed E-state index contributed by atoms with van der Waals surface area (Å²) in [5.41, 5.74) is 0.804. The van der Waals surface area contributed by atoms with E-state index >= 15 is 0 Å². The molecule has 1 unspecified atom stereocenters. The second-order valence-corrected chi connectivity index (χ2v) is 6.14. The molecule has 2 fully saturated rings. The average molecular weight is 276 g/mol. The third kappa shape index (κ3) is 2.33. The Morgan fingerprint density at radius 1 is 1.40 bits per heavy atom. The van der Waals surface area contributed by atoms with E-state index in [9.17, 15) is 9.18 Å². The maximum atomic E-state index is 13.3. The molecule has 1 aromatic carbocycles. The largest absolute Gasteiger partial charge is 0.342 e. The third-order valence-corrected chi connectivity index (χ3v) is 4.87. The Morgan fingerprint density at radius 3 is 2.85 bits per heavy atom. The average Bonchev–Trinajstić information content (AvgIpc) is 2.65. The second-order valence-electron chi connectivity index (χ2n) is 6.14. The highest BCUT2D eigenvalue weighted by Crippen LogP contribution is 2.43. The first-order valence-electron chi connectivity index (χ1n) is 7.33. The van der Waals surface area contributed by atoms with Gasteiger partial charge in [-0.25, -0.2) is 4.39 Å². The number of rotatable bonds is 2. The lowest BCUT2D eigenvalue weighted by atomic mass is 9.76. The number of carbonyl (C=O) groups excluding carboxylic acids is 1. The minimum Gasteiger partial charge on any atom is -0.342 e. The van der Waals surface area contributed by atoms with Gasteiger partial charge in [-0.15, -0.1) is 0 Å². The van der Waals surface area contributed by atoms with Gasteiger partial charge in [-0.05, 0) is 56.5 Å². The van der Waals surface area contributed by atoms with Crippen molar-refractivity contribution in [2.75, 3.05) is 20.1 Å². The SMILES string of the molecule is CN1C(=O)C2(CCNCC2)CC1Cc1cccc(F)c1. The third-order valence-electron chi connectivity index (χ3n) is 4.87. The standard InChI is InChI=1S/C16H21FN2O/c1-19-14(10-12-3-2-4-13(17)9-12)11-16(15(19)20)5-7-18-8-6-16/h2-4,9,14,18H,5-8,10-11H2,1H3. The molecule has 20 heavy (non-hydrogen) atoms. The first-order valence-corrected chi connectivity index (χ1v) is 7.33. The Balaban J connectivity index is 1.76. The van der Waals surface area contributed by atoms with Crippen LogP contribution in [0.1, 0.15) is 24.8 Å². The molecule has 1 N–H and O–H groups in total. The number of hydrogen-bond acceptors (Lipinski definition) is 2. The molecule has 0 saturated carbocycles. The van der Waals surface area contributed by atoms with Crippen molar-refractivity contribution in [3.8, 4) is 0 Å². The zero-order chi connectivity index (χ0) is 14.2. The van der Waals surface area contributed by atoms with Crippen molar-refractivity contribution >= 4 is 5.91 Å². The van der Waals surface area contributed by atoms with Gasteiger partial charge >= 0.3 is 0 Å². The lowest BCUT2D eigenvalue weighted by Crippen LogP contribution is -2.42. The van der Waals surface area contributed by atoms with Gasteiger partial charge in [0.25, 0.3) is 0 Å². The Morgan fingerprint density at radius 2 is 2.15 bits per heavy atom. The van der Waals surface area contributed by atoms with Crippen LogP contribution < -0.4 is 5.32 Å². The number of nitrogens with one attached hydrogen (secondary N) is 1. The molecule has 1 aromatic rings. The molecule has 2 heterocycles. The topological polar surface area (TPSA) is 32.3 Å². The number of carbonyl (C=O) groups is 1. The summed E-state index contributed by atoms with van der Waals surface area (Å²) in [5.74, 6) is 0.0754. The van der Waals surface area contributed by atoms with Gasteiger partial charge < -0.3 is 10.2 Å². The fourth-order valence-electron chi connectivity index (χ4n) is 3.68. The summed E-state index contributed by atoms with van der Waals surface area (Å²) >= 11 is 0. The predicted molar refractivity (Wildman–Crippen MR) is 75.8 cm³/mol. The van der Waals surface area contributed by atoms with Gasteiger partial charge in [0.1, 0.15) is 5.82 Å². The number of likely N-dealkylation sites (N-methyl/N-ethyl adjacent to an activating group) is 1. The highest BCUT2D eigenvalue weighted by atomic mass is 19.1. The Labute approximate surface area is 119 Å². The number of piperidine rings is 1. The zero-order valence-electron chi connectivity index (χ0n) is 11.9.